The highest BCUT2D eigenvalue weighted by atomic mass is 16.5. The average Bonchev–Trinajstić information content (AvgIpc) is 2.22. The Morgan fingerprint density at radius 1 is 1.50 bits per heavy atom. The van der Waals surface area contributed by atoms with E-state index in [0.29, 0.717) is 13.2 Å². The number of nitrogens with one attached hydrogen (secondary N) is 1. The fourth-order valence-corrected chi connectivity index (χ4v) is 2.46. The van der Waals surface area contributed by atoms with E-state index in [0.717, 1.165) is 24.9 Å². The predicted molar refractivity (Wildman–Crippen MR) is 66.4 cm³/mol. The summed E-state index contributed by atoms with van der Waals surface area (Å²) in [7, 11) is 0. The van der Waals surface area contributed by atoms with Crippen LogP contribution in [0.15, 0.2) is 11.6 Å². The molecular formula is C13H25NO2. The monoisotopic (exact) mass is 227 g/mol. The van der Waals surface area contributed by atoms with Crippen LogP contribution in [-0.4, -0.2) is 38.0 Å². The van der Waals surface area contributed by atoms with Crippen LogP contribution >= 0.6 is 0 Å². The summed E-state index contributed by atoms with van der Waals surface area (Å²) in [5, 5.41) is 12.0. The zero-order valence-electron chi connectivity index (χ0n) is 10.5. The lowest BCUT2D eigenvalue weighted by Crippen LogP contribution is -2.29. The van der Waals surface area contributed by atoms with Crippen molar-refractivity contribution in [2.75, 3.05) is 32.9 Å². The molecule has 0 bridgehead atoms. The number of allylic oxidation sites excluding steroid dienone is 2. The number of aliphatic hydroxyl groups excluding tert-OH is 1. The molecule has 2 unspecified atom stereocenters. The Balaban J connectivity index is 2.03. The van der Waals surface area contributed by atoms with Crippen LogP contribution in [0.3, 0.4) is 0 Å². The summed E-state index contributed by atoms with van der Waals surface area (Å²) in [6.45, 7) is 7.74. The number of hydrogen-bond acceptors (Lipinski definition) is 3. The lowest BCUT2D eigenvalue weighted by molar-refractivity contribution is 0.0933. The summed E-state index contributed by atoms with van der Waals surface area (Å²) in [6, 6.07) is 0. The van der Waals surface area contributed by atoms with Crippen LogP contribution in [0.25, 0.3) is 0 Å². The quantitative estimate of drug-likeness (QED) is 0.512. The van der Waals surface area contributed by atoms with Crippen LogP contribution in [0.5, 0.6) is 0 Å². The third-order valence-corrected chi connectivity index (χ3v) is 2.98. The highest BCUT2D eigenvalue weighted by Crippen LogP contribution is 2.26. The van der Waals surface area contributed by atoms with Crippen LogP contribution in [0.1, 0.15) is 26.7 Å². The molecule has 0 amide bonds. The molecule has 16 heavy (non-hydrogen) atoms. The van der Waals surface area contributed by atoms with Gasteiger partial charge in [-0.25, -0.2) is 0 Å². The maximum atomic E-state index is 8.53. The van der Waals surface area contributed by atoms with Crippen molar-refractivity contribution in [3.05, 3.63) is 11.6 Å². The van der Waals surface area contributed by atoms with Gasteiger partial charge in [0.05, 0.1) is 19.8 Å². The van der Waals surface area contributed by atoms with Gasteiger partial charge in [-0.2, -0.15) is 0 Å². The molecule has 94 valence electrons. The molecule has 0 saturated carbocycles. The summed E-state index contributed by atoms with van der Waals surface area (Å²) >= 11 is 0. The topological polar surface area (TPSA) is 41.5 Å². The van der Waals surface area contributed by atoms with Gasteiger partial charge in [-0.3, -0.25) is 0 Å². The van der Waals surface area contributed by atoms with Gasteiger partial charge in [0.25, 0.3) is 0 Å². The van der Waals surface area contributed by atoms with E-state index < -0.39 is 0 Å². The molecule has 0 radical (unpaired) electrons. The molecule has 0 aromatic rings. The van der Waals surface area contributed by atoms with Crippen molar-refractivity contribution in [2.45, 2.75) is 26.7 Å². The minimum absolute atomic E-state index is 0.115. The van der Waals surface area contributed by atoms with E-state index in [4.69, 9.17) is 9.84 Å². The molecule has 0 aromatic carbocycles. The largest absolute Gasteiger partial charge is 0.394 e. The fraction of sp³-hybridized carbons (Fsp3) is 0.846. The zero-order chi connectivity index (χ0) is 11.8. The second-order valence-electron chi connectivity index (χ2n) is 4.84. The second kappa shape index (κ2) is 7.82. The highest BCUT2D eigenvalue weighted by molar-refractivity contribution is 5.06. The number of aliphatic hydroxyl groups is 1. The molecule has 1 rings (SSSR count). The molecule has 3 nitrogen and oxygen atoms in total. The molecule has 2 N–H and O–H groups in total. The Labute approximate surface area is 98.9 Å². The summed E-state index contributed by atoms with van der Waals surface area (Å²) in [6.07, 6.45) is 4.91. The lowest BCUT2D eigenvalue weighted by Gasteiger charge is -2.25. The van der Waals surface area contributed by atoms with E-state index in [2.05, 4.69) is 25.2 Å². The van der Waals surface area contributed by atoms with Gasteiger partial charge in [0.2, 0.25) is 0 Å². The first-order valence-corrected chi connectivity index (χ1v) is 6.29. The first-order chi connectivity index (χ1) is 7.72. The fourth-order valence-electron chi connectivity index (χ4n) is 2.46. The lowest BCUT2D eigenvalue weighted by atomic mass is 9.84. The molecule has 3 heteroatoms. The van der Waals surface area contributed by atoms with Crippen LogP contribution in [0.2, 0.25) is 0 Å². The van der Waals surface area contributed by atoms with E-state index in [1.165, 1.54) is 18.4 Å². The van der Waals surface area contributed by atoms with E-state index >= 15 is 0 Å². The normalized spacial score (nSPS) is 25.6. The van der Waals surface area contributed by atoms with Crippen molar-refractivity contribution in [1.29, 1.82) is 0 Å². The summed E-state index contributed by atoms with van der Waals surface area (Å²) in [5.74, 6) is 1.50. The van der Waals surface area contributed by atoms with Crippen molar-refractivity contribution in [1.82, 2.24) is 5.32 Å². The summed E-state index contributed by atoms with van der Waals surface area (Å²) in [5.41, 5.74) is 1.53. The van der Waals surface area contributed by atoms with E-state index in [-0.39, 0.29) is 6.61 Å². The highest BCUT2D eigenvalue weighted by Gasteiger charge is 2.17. The molecule has 0 saturated heterocycles. The molecule has 2 atom stereocenters. The van der Waals surface area contributed by atoms with E-state index in [1.54, 1.807) is 0 Å². The molecule has 0 spiro atoms. The Kier molecular flexibility index (Phi) is 6.69. The minimum Gasteiger partial charge on any atom is -0.394 e. The average molecular weight is 227 g/mol. The third-order valence-electron chi connectivity index (χ3n) is 2.98. The van der Waals surface area contributed by atoms with Gasteiger partial charge < -0.3 is 15.2 Å². The Bertz CT molecular complexity index is 216. The molecule has 0 heterocycles. The summed E-state index contributed by atoms with van der Waals surface area (Å²) in [4.78, 5) is 0. The molecular weight excluding hydrogens is 202 g/mol. The van der Waals surface area contributed by atoms with Gasteiger partial charge in [-0.15, -0.1) is 0 Å². The first kappa shape index (κ1) is 13.7. The van der Waals surface area contributed by atoms with Crippen molar-refractivity contribution in [3.63, 3.8) is 0 Å². The third kappa shape index (κ3) is 5.64. The van der Waals surface area contributed by atoms with Gasteiger partial charge in [0, 0.05) is 6.54 Å². The Morgan fingerprint density at radius 2 is 2.31 bits per heavy atom. The van der Waals surface area contributed by atoms with Crippen LogP contribution < -0.4 is 5.32 Å². The molecule has 0 fully saturated rings. The number of ether oxygens (including phenoxy) is 1. The first-order valence-electron chi connectivity index (χ1n) is 6.29. The van der Waals surface area contributed by atoms with Gasteiger partial charge in [-0.1, -0.05) is 18.6 Å². The van der Waals surface area contributed by atoms with Gasteiger partial charge in [-0.05, 0) is 38.1 Å². The maximum Gasteiger partial charge on any atom is 0.0698 e. The van der Waals surface area contributed by atoms with Crippen molar-refractivity contribution in [3.8, 4) is 0 Å². The van der Waals surface area contributed by atoms with Crippen molar-refractivity contribution in [2.24, 2.45) is 11.8 Å². The number of hydrogen-bond donors (Lipinski definition) is 2. The van der Waals surface area contributed by atoms with Crippen molar-refractivity contribution >= 4 is 0 Å². The van der Waals surface area contributed by atoms with Crippen molar-refractivity contribution < 1.29 is 9.84 Å². The molecule has 1 aliphatic rings. The smallest absolute Gasteiger partial charge is 0.0698 e. The van der Waals surface area contributed by atoms with Gasteiger partial charge in [0.1, 0.15) is 0 Å². The SMILES string of the molecule is CC1=CC(C)CC(CNCCOCCO)C1. The maximum absolute atomic E-state index is 8.53. The van der Waals surface area contributed by atoms with E-state index in [1.807, 2.05) is 0 Å². The van der Waals surface area contributed by atoms with Crippen LogP contribution in [-0.2, 0) is 4.74 Å². The minimum atomic E-state index is 0.115. The second-order valence-corrected chi connectivity index (χ2v) is 4.84. The van der Waals surface area contributed by atoms with Crippen LogP contribution in [0.4, 0.5) is 0 Å². The van der Waals surface area contributed by atoms with Gasteiger partial charge >= 0.3 is 0 Å². The predicted octanol–water partition coefficient (Wildman–Crippen LogP) is 1.58. The van der Waals surface area contributed by atoms with Crippen LogP contribution in [0, 0.1) is 11.8 Å². The Morgan fingerprint density at radius 3 is 3.00 bits per heavy atom. The standard InChI is InChI=1S/C13H25NO2/c1-11-7-12(2)9-13(8-11)10-14-3-5-16-6-4-15/h7,11,13-15H,3-6,8-10H2,1-2H3. The molecule has 0 aliphatic heterocycles. The molecule has 0 aromatic heterocycles. The number of rotatable bonds is 7. The van der Waals surface area contributed by atoms with Gasteiger partial charge in [0.15, 0.2) is 0 Å². The summed E-state index contributed by atoms with van der Waals surface area (Å²) < 4.78 is 5.19. The Hall–Kier alpha value is -0.380. The van der Waals surface area contributed by atoms with E-state index in [9.17, 15) is 0 Å². The molecule has 1 aliphatic carbocycles. The zero-order valence-corrected chi connectivity index (χ0v) is 10.5.